The molecule has 14 heavy (non-hydrogen) atoms. The molecule has 2 aromatic rings. The van der Waals surface area contributed by atoms with Gasteiger partial charge < -0.3 is 9.84 Å². The van der Waals surface area contributed by atoms with Gasteiger partial charge in [0.2, 0.25) is 0 Å². The van der Waals surface area contributed by atoms with Crippen molar-refractivity contribution in [2.75, 3.05) is 5.32 Å². The van der Waals surface area contributed by atoms with Gasteiger partial charge in [0.1, 0.15) is 5.82 Å². The van der Waals surface area contributed by atoms with Crippen LogP contribution in [0.1, 0.15) is 11.3 Å². The third kappa shape index (κ3) is 2.10. The van der Waals surface area contributed by atoms with E-state index in [1.165, 1.54) is 0 Å². The highest BCUT2D eigenvalue weighted by Gasteiger charge is 1.97. The van der Waals surface area contributed by atoms with E-state index in [0.717, 1.165) is 17.1 Å². The van der Waals surface area contributed by atoms with Gasteiger partial charge in [0.25, 0.3) is 0 Å². The van der Waals surface area contributed by atoms with E-state index in [2.05, 4.69) is 15.5 Å². The number of hydrogen-bond acceptors (Lipinski definition) is 4. The Balaban J connectivity index is 1.95. The van der Waals surface area contributed by atoms with Gasteiger partial charge in [-0.05, 0) is 18.6 Å². The molecule has 0 aliphatic rings. The molecule has 4 heteroatoms. The summed E-state index contributed by atoms with van der Waals surface area (Å²) < 4.78 is 4.94. The zero-order valence-corrected chi connectivity index (χ0v) is 7.90. The van der Waals surface area contributed by atoms with E-state index >= 15 is 0 Å². The summed E-state index contributed by atoms with van der Waals surface area (Å²) >= 11 is 0. The van der Waals surface area contributed by atoms with E-state index in [4.69, 9.17) is 4.52 Å². The number of nitrogens with zero attached hydrogens (tertiary/aromatic N) is 2. The second-order valence-corrected chi connectivity index (χ2v) is 3.05. The molecule has 1 N–H and O–H groups in total. The summed E-state index contributed by atoms with van der Waals surface area (Å²) in [6.45, 7) is 2.61. The van der Waals surface area contributed by atoms with Crippen molar-refractivity contribution in [2.24, 2.45) is 0 Å². The molecule has 0 aliphatic carbocycles. The number of rotatable bonds is 3. The molecule has 0 amide bonds. The summed E-state index contributed by atoms with van der Waals surface area (Å²) in [6, 6.07) is 5.77. The van der Waals surface area contributed by atoms with Crippen molar-refractivity contribution in [1.82, 2.24) is 10.1 Å². The van der Waals surface area contributed by atoms with E-state index in [1.807, 2.05) is 31.3 Å². The fourth-order valence-corrected chi connectivity index (χ4v) is 1.08. The van der Waals surface area contributed by atoms with E-state index in [9.17, 15) is 0 Å². The van der Waals surface area contributed by atoms with Crippen molar-refractivity contribution < 1.29 is 4.52 Å². The van der Waals surface area contributed by atoms with E-state index in [-0.39, 0.29) is 0 Å². The number of aryl methyl sites for hydroxylation is 1. The molecular formula is C10H11N3O. The third-order valence-corrected chi connectivity index (χ3v) is 1.85. The molecule has 0 saturated heterocycles. The highest BCUT2D eigenvalue weighted by molar-refractivity contribution is 5.35. The number of anilines is 1. The Kier molecular flexibility index (Phi) is 2.44. The van der Waals surface area contributed by atoms with Crippen LogP contribution in [0.2, 0.25) is 0 Å². The summed E-state index contributed by atoms with van der Waals surface area (Å²) in [5.74, 6) is 1.64. The summed E-state index contributed by atoms with van der Waals surface area (Å²) in [5, 5.41) is 6.74. The van der Waals surface area contributed by atoms with Crippen molar-refractivity contribution in [3.05, 3.63) is 41.9 Å². The van der Waals surface area contributed by atoms with Gasteiger partial charge in [-0.2, -0.15) is 0 Å². The smallest absolute Gasteiger partial charge is 0.155 e. The molecule has 72 valence electrons. The zero-order chi connectivity index (χ0) is 9.80. The maximum atomic E-state index is 4.94. The van der Waals surface area contributed by atoms with Crippen molar-refractivity contribution in [2.45, 2.75) is 13.5 Å². The van der Waals surface area contributed by atoms with Crippen molar-refractivity contribution >= 4 is 5.82 Å². The Morgan fingerprint density at radius 1 is 1.36 bits per heavy atom. The van der Waals surface area contributed by atoms with Gasteiger partial charge in [-0.1, -0.05) is 11.2 Å². The van der Waals surface area contributed by atoms with Crippen LogP contribution in [0.3, 0.4) is 0 Å². The summed E-state index contributed by atoms with van der Waals surface area (Å²) in [7, 11) is 0. The van der Waals surface area contributed by atoms with E-state index in [1.54, 1.807) is 6.20 Å². The second-order valence-electron chi connectivity index (χ2n) is 3.05. The Hall–Kier alpha value is -1.84. The normalized spacial score (nSPS) is 10.1. The monoisotopic (exact) mass is 189 g/mol. The number of aromatic nitrogens is 2. The van der Waals surface area contributed by atoms with Gasteiger partial charge in [0.05, 0.1) is 12.7 Å². The average molecular weight is 189 g/mol. The number of nitrogens with one attached hydrogen (secondary N) is 1. The maximum Gasteiger partial charge on any atom is 0.155 e. The highest BCUT2D eigenvalue weighted by atomic mass is 16.5. The van der Waals surface area contributed by atoms with Crippen LogP contribution in [0.5, 0.6) is 0 Å². The Bertz CT molecular complexity index is 380. The van der Waals surface area contributed by atoms with Crippen LogP contribution < -0.4 is 5.32 Å². The van der Waals surface area contributed by atoms with Crippen LogP contribution in [0, 0.1) is 6.92 Å². The topological polar surface area (TPSA) is 51.0 Å². The summed E-state index contributed by atoms with van der Waals surface area (Å²) in [5.41, 5.74) is 1.15. The molecule has 0 unspecified atom stereocenters. The first-order chi connectivity index (χ1) is 6.84. The van der Waals surface area contributed by atoms with Gasteiger partial charge in [0, 0.05) is 12.3 Å². The van der Waals surface area contributed by atoms with Crippen molar-refractivity contribution in [3.8, 4) is 0 Å². The molecule has 0 aliphatic heterocycles. The van der Waals surface area contributed by atoms with Crippen molar-refractivity contribution in [3.63, 3.8) is 0 Å². The molecule has 4 nitrogen and oxygen atoms in total. The zero-order valence-electron chi connectivity index (χ0n) is 7.90. The average Bonchev–Trinajstić information content (AvgIpc) is 2.70. The molecule has 0 atom stereocenters. The lowest BCUT2D eigenvalue weighted by molar-refractivity contribution is 0.388. The molecule has 2 aromatic heterocycles. The third-order valence-electron chi connectivity index (χ3n) is 1.85. The fraction of sp³-hybridized carbons (Fsp3) is 0.200. The van der Waals surface area contributed by atoms with Gasteiger partial charge >= 0.3 is 0 Å². The standard InChI is InChI=1S/C10H11N3O/c1-8-2-3-10(11-6-8)12-7-9-4-5-13-14-9/h2-6H,7H2,1H3,(H,11,12). The minimum absolute atomic E-state index is 0.607. The fourth-order valence-electron chi connectivity index (χ4n) is 1.08. The lowest BCUT2D eigenvalue weighted by Crippen LogP contribution is -1.99. The second kappa shape index (κ2) is 3.91. The Morgan fingerprint density at radius 2 is 2.29 bits per heavy atom. The van der Waals surface area contributed by atoms with Crippen LogP contribution >= 0.6 is 0 Å². The first kappa shape index (κ1) is 8.74. The lowest BCUT2D eigenvalue weighted by Gasteiger charge is -2.02. The van der Waals surface area contributed by atoms with E-state index in [0.29, 0.717) is 6.54 Å². The van der Waals surface area contributed by atoms with Crippen LogP contribution in [0.25, 0.3) is 0 Å². The van der Waals surface area contributed by atoms with Crippen LogP contribution in [0.4, 0.5) is 5.82 Å². The number of hydrogen-bond donors (Lipinski definition) is 1. The quantitative estimate of drug-likeness (QED) is 0.802. The molecule has 0 aromatic carbocycles. The Labute approximate surface area is 82.0 Å². The molecule has 0 fully saturated rings. The maximum absolute atomic E-state index is 4.94. The molecule has 0 saturated carbocycles. The first-order valence-corrected chi connectivity index (χ1v) is 4.41. The first-order valence-electron chi connectivity index (χ1n) is 4.41. The predicted molar refractivity (Wildman–Crippen MR) is 52.8 cm³/mol. The number of pyridine rings is 1. The largest absolute Gasteiger partial charge is 0.363 e. The minimum Gasteiger partial charge on any atom is -0.363 e. The Morgan fingerprint density at radius 3 is 2.93 bits per heavy atom. The molecule has 0 radical (unpaired) electrons. The summed E-state index contributed by atoms with van der Waals surface area (Å²) in [6.07, 6.45) is 3.45. The molecule has 2 heterocycles. The SMILES string of the molecule is Cc1ccc(NCc2ccno2)nc1. The van der Waals surface area contributed by atoms with Crippen LogP contribution in [0.15, 0.2) is 35.1 Å². The lowest BCUT2D eigenvalue weighted by atomic mass is 10.3. The molecule has 2 rings (SSSR count). The highest BCUT2D eigenvalue weighted by Crippen LogP contribution is 2.06. The minimum atomic E-state index is 0.607. The van der Waals surface area contributed by atoms with Gasteiger partial charge in [-0.25, -0.2) is 4.98 Å². The summed E-state index contributed by atoms with van der Waals surface area (Å²) in [4.78, 5) is 4.20. The van der Waals surface area contributed by atoms with Crippen molar-refractivity contribution in [1.29, 1.82) is 0 Å². The van der Waals surface area contributed by atoms with Gasteiger partial charge in [0.15, 0.2) is 5.76 Å². The van der Waals surface area contributed by atoms with Crippen LogP contribution in [-0.4, -0.2) is 10.1 Å². The molecule has 0 spiro atoms. The van der Waals surface area contributed by atoms with Crippen LogP contribution in [-0.2, 0) is 6.54 Å². The predicted octanol–water partition coefficient (Wildman–Crippen LogP) is 1.99. The van der Waals surface area contributed by atoms with E-state index < -0.39 is 0 Å². The molecular weight excluding hydrogens is 178 g/mol. The van der Waals surface area contributed by atoms with Gasteiger partial charge in [-0.15, -0.1) is 0 Å². The van der Waals surface area contributed by atoms with Gasteiger partial charge in [-0.3, -0.25) is 0 Å². The molecule has 0 bridgehead atoms.